The van der Waals surface area contributed by atoms with Gasteiger partial charge in [-0.2, -0.15) is 0 Å². The van der Waals surface area contributed by atoms with Crippen LogP contribution < -0.4 is 10.1 Å². The molecule has 1 aromatic rings. The lowest BCUT2D eigenvalue weighted by Crippen LogP contribution is -2.30. The van der Waals surface area contributed by atoms with Gasteiger partial charge in [0.15, 0.2) is 0 Å². The molecule has 1 unspecified atom stereocenters. The lowest BCUT2D eigenvalue weighted by atomic mass is 10.2. The van der Waals surface area contributed by atoms with E-state index in [1.807, 2.05) is 24.3 Å². The van der Waals surface area contributed by atoms with Crippen molar-refractivity contribution in [1.29, 1.82) is 0 Å². The highest BCUT2D eigenvalue weighted by Gasteiger charge is 2.05. The monoisotopic (exact) mass is 269 g/mol. The third-order valence-corrected chi connectivity index (χ3v) is 3.59. The van der Waals surface area contributed by atoms with Gasteiger partial charge in [0, 0.05) is 17.2 Å². The average Bonchev–Trinajstić information content (AvgIpc) is 2.36. The summed E-state index contributed by atoms with van der Waals surface area (Å²) in [6.07, 6.45) is -0.309. The zero-order chi connectivity index (χ0) is 13.4. The summed E-state index contributed by atoms with van der Waals surface area (Å²) < 4.78 is 5.10. The normalized spacial score (nSPS) is 12.7. The van der Waals surface area contributed by atoms with E-state index in [0.717, 1.165) is 17.2 Å². The van der Waals surface area contributed by atoms with E-state index >= 15 is 0 Å². The molecule has 1 aromatic carbocycles. The van der Waals surface area contributed by atoms with Gasteiger partial charge in [-0.1, -0.05) is 13.8 Å². The van der Waals surface area contributed by atoms with Gasteiger partial charge in [-0.15, -0.1) is 11.8 Å². The van der Waals surface area contributed by atoms with Crippen LogP contribution in [0.5, 0.6) is 5.75 Å². The Labute approximate surface area is 114 Å². The first-order valence-electron chi connectivity index (χ1n) is 6.27. The average molecular weight is 269 g/mol. The predicted octanol–water partition coefficient (Wildman–Crippen LogP) is 2.39. The summed E-state index contributed by atoms with van der Waals surface area (Å²) in [5.74, 6) is 2.18. The topological polar surface area (TPSA) is 41.5 Å². The van der Waals surface area contributed by atoms with Crippen LogP contribution in [0, 0.1) is 5.92 Å². The zero-order valence-electron chi connectivity index (χ0n) is 11.3. The number of ether oxygens (including phenoxy) is 1. The molecule has 3 nitrogen and oxygen atoms in total. The Morgan fingerprint density at radius 1 is 1.22 bits per heavy atom. The molecule has 0 amide bonds. The summed E-state index contributed by atoms with van der Waals surface area (Å²) >= 11 is 1.66. The van der Waals surface area contributed by atoms with Crippen molar-refractivity contribution < 1.29 is 9.84 Å². The molecule has 1 atom stereocenters. The molecule has 0 aliphatic carbocycles. The van der Waals surface area contributed by atoms with E-state index in [1.54, 1.807) is 18.9 Å². The first kappa shape index (κ1) is 15.3. The lowest BCUT2D eigenvalue weighted by molar-refractivity contribution is 0.194. The van der Waals surface area contributed by atoms with E-state index in [0.29, 0.717) is 18.2 Å². The lowest BCUT2D eigenvalue weighted by Gasteiger charge is -2.13. The Kier molecular flexibility index (Phi) is 7.16. The number of methoxy groups -OCH3 is 1. The first-order valence-corrected chi connectivity index (χ1v) is 7.26. The van der Waals surface area contributed by atoms with E-state index in [4.69, 9.17) is 4.74 Å². The van der Waals surface area contributed by atoms with E-state index in [-0.39, 0.29) is 6.10 Å². The van der Waals surface area contributed by atoms with Crippen LogP contribution in [0.3, 0.4) is 0 Å². The van der Waals surface area contributed by atoms with Gasteiger partial charge < -0.3 is 15.2 Å². The van der Waals surface area contributed by atoms with Crippen LogP contribution in [0.15, 0.2) is 29.2 Å². The number of hydrogen-bond acceptors (Lipinski definition) is 4. The van der Waals surface area contributed by atoms with Gasteiger partial charge >= 0.3 is 0 Å². The van der Waals surface area contributed by atoms with Crippen molar-refractivity contribution in [1.82, 2.24) is 5.32 Å². The molecule has 4 heteroatoms. The molecular formula is C14H23NO2S. The highest BCUT2D eigenvalue weighted by atomic mass is 32.2. The van der Waals surface area contributed by atoms with Crippen LogP contribution in [0.4, 0.5) is 0 Å². The van der Waals surface area contributed by atoms with Crippen molar-refractivity contribution in [2.24, 2.45) is 5.92 Å². The molecular weight excluding hydrogens is 246 g/mol. The van der Waals surface area contributed by atoms with Crippen molar-refractivity contribution in [3.8, 4) is 5.75 Å². The number of rotatable bonds is 8. The zero-order valence-corrected chi connectivity index (χ0v) is 12.2. The highest BCUT2D eigenvalue weighted by molar-refractivity contribution is 7.99. The Morgan fingerprint density at radius 2 is 1.89 bits per heavy atom. The predicted molar refractivity (Wildman–Crippen MR) is 77.4 cm³/mol. The van der Waals surface area contributed by atoms with Crippen molar-refractivity contribution in [2.75, 3.05) is 26.0 Å². The second-order valence-corrected chi connectivity index (χ2v) is 5.79. The number of aliphatic hydroxyl groups is 1. The molecule has 1 rings (SSSR count). The molecule has 0 bridgehead atoms. The van der Waals surface area contributed by atoms with E-state index in [2.05, 4.69) is 19.2 Å². The molecule has 0 fully saturated rings. The second-order valence-electron chi connectivity index (χ2n) is 4.69. The number of hydrogen-bond donors (Lipinski definition) is 2. The summed E-state index contributed by atoms with van der Waals surface area (Å²) in [6.45, 7) is 5.92. The molecule has 0 saturated heterocycles. The molecule has 0 heterocycles. The van der Waals surface area contributed by atoms with Gasteiger partial charge in [-0.25, -0.2) is 0 Å². The molecule has 0 saturated carbocycles. The van der Waals surface area contributed by atoms with Gasteiger partial charge in [-0.05, 0) is 36.7 Å². The molecule has 0 aromatic heterocycles. The van der Waals surface area contributed by atoms with Crippen LogP contribution >= 0.6 is 11.8 Å². The summed E-state index contributed by atoms with van der Waals surface area (Å²) in [5.41, 5.74) is 0. The first-order chi connectivity index (χ1) is 8.61. The van der Waals surface area contributed by atoms with E-state index in [1.165, 1.54) is 0 Å². The molecule has 18 heavy (non-hydrogen) atoms. The molecule has 0 spiro atoms. The molecule has 2 N–H and O–H groups in total. The van der Waals surface area contributed by atoms with Crippen LogP contribution in [0.25, 0.3) is 0 Å². The number of nitrogens with one attached hydrogen (secondary N) is 1. The Balaban J connectivity index is 2.22. The van der Waals surface area contributed by atoms with Crippen molar-refractivity contribution in [3.05, 3.63) is 24.3 Å². The van der Waals surface area contributed by atoms with Gasteiger partial charge in [0.05, 0.1) is 13.2 Å². The maximum atomic E-state index is 9.82. The third-order valence-electron chi connectivity index (χ3n) is 2.43. The van der Waals surface area contributed by atoms with Crippen molar-refractivity contribution >= 4 is 11.8 Å². The van der Waals surface area contributed by atoms with Crippen LogP contribution in [0.2, 0.25) is 0 Å². The van der Waals surface area contributed by atoms with Crippen molar-refractivity contribution in [3.63, 3.8) is 0 Å². The van der Waals surface area contributed by atoms with Gasteiger partial charge in [0.25, 0.3) is 0 Å². The maximum absolute atomic E-state index is 9.82. The second kappa shape index (κ2) is 8.40. The number of benzene rings is 1. The number of aliphatic hydroxyl groups excluding tert-OH is 1. The fourth-order valence-corrected chi connectivity index (χ4v) is 2.29. The molecule has 0 radical (unpaired) electrons. The Bertz CT molecular complexity index is 327. The smallest absolute Gasteiger partial charge is 0.118 e. The van der Waals surface area contributed by atoms with Gasteiger partial charge in [0.1, 0.15) is 5.75 Å². The summed E-state index contributed by atoms with van der Waals surface area (Å²) in [4.78, 5) is 1.15. The minimum atomic E-state index is -0.309. The van der Waals surface area contributed by atoms with Crippen LogP contribution in [-0.4, -0.2) is 37.2 Å². The van der Waals surface area contributed by atoms with Gasteiger partial charge in [0.2, 0.25) is 0 Å². The third kappa shape index (κ3) is 6.28. The maximum Gasteiger partial charge on any atom is 0.118 e. The van der Waals surface area contributed by atoms with Crippen LogP contribution in [-0.2, 0) is 0 Å². The fourth-order valence-electron chi connectivity index (χ4n) is 1.46. The standard InChI is InChI=1S/C14H23NO2S/c1-11(2)8-15-9-12(16)10-18-14-6-4-13(17-3)5-7-14/h4-7,11-12,15-16H,8-10H2,1-3H3. The molecule has 0 aliphatic heterocycles. The van der Waals surface area contributed by atoms with Gasteiger partial charge in [-0.3, -0.25) is 0 Å². The summed E-state index contributed by atoms with van der Waals surface area (Å²) in [6, 6.07) is 7.90. The largest absolute Gasteiger partial charge is 0.497 e. The van der Waals surface area contributed by atoms with Crippen molar-refractivity contribution in [2.45, 2.75) is 24.8 Å². The molecule has 102 valence electrons. The summed E-state index contributed by atoms with van der Waals surface area (Å²) in [5, 5.41) is 13.1. The highest BCUT2D eigenvalue weighted by Crippen LogP contribution is 2.21. The quantitative estimate of drug-likeness (QED) is 0.711. The SMILES string of the molecule is COc1ccc(SCC(O)CNCC(C)C)cc1. The van der Waals surface area contributed by atoms with E-state index < -0.39 is 0 Å². The van der Waals surface area contributed by atoms with E-state index in [9.17, 15) is 5.11 Å². The van der Waals surface area contributed by atoms with Crippen LogP contribution in [0.1, 0.15) is 13.8 Å². The minimum Gasteiger partial charge on any atom is -0.497 e. The fraction of sp³-hybridized carbons (Fsp3) is 0.571. The Morgan fingerprint density at radius 3 is 2.44 bits per heavy atom. The minimum absolute atomic E-state index is 0.309. The Hall–Kier alpha value is -0.710. The summed E-state index contributed by atoms with van der Waals surface area (Å²) in [7, 11) is 1.66. The molecule has 0 aliphatic rings. The number of thioether (sulfide) groups is 1.